The van der Waals surface area contributed by atoms with E-state index in [0.717, 1.165) is 24.2 Å². The normalized spacial score (nSPS) is 16.5. The maximum atomic E-state index is 12.9. The molecule has 3 rings (SSSR count). The Morgan fingerprint density at radius 3 is 2.62 bits per heavy atom. The third-order valence-corrected chi connectivity index (χ3v) is 4.55. The number of carbonyl (C=O) groups is 1. The first-order valence-electron chi connectivity index (χ1n) is 7.72. The lowest BCUT2D eigenvalue weighted by Gasteiger charge is -2.35. The summed E-state index contributed by atoms with van der Waals surface area (Å²) in [5.41, 5.74) is 1.03. The third kappa shape index (κ3) is 2.54. The molecule has 3 nitrogen and oxygen atoms in total. The van der Waals surface area contributed by atoms with Crippen LogP contribution in [0.4, 0.5) is 5.69 Å². The molecule has 1 aliphatic rings. The van der Waals surface area contributed by atoms with E-state index < -0.39 is 0 Å². The number of nitrogens with zero attached hydrogens (tertiary/aromatic N) is 1. The van der Waals surface area contributed by atoms with Crippen molar-refractivity contribution in [3.63, 3.8) is 0 Å². The average Bonchev–Trinajstić information content (AvgIpc) is 2.46. The largest absolute Gasteiger partial charge is 0.316 e. The molecule has 1 saturated heterocycles. The highest BCUT2D eigenvalue weighted by Gasteiger charge is 2.32. The number of carbonyl (C=O) groups excluding carboxylic acids is 1. The molecule has 110 valence electrons. The Labute approximate surface area is 125 Å². The number of nitrogens with one attached hydrogen (secondary N) is 1. The molecule has 0 saturated carbocycles. The van der Waals surface area contributed by atoms with Crippen molar-refractivity contribution in [2.45, 2.75) is 13.8 Å². The number of rotatable bonds is 4. The molecular formula is C18H22N2O. The fourth-order valence-corrected chi connectivity index (χ4v) is 3.00. The number of fused-ring (bicyclic) bond motifs is 1. The van der Waals surface area contributed by atoms with Crippen LogP contribution in [0, 0.1) is 11.8 Å². The summed E-state index contributed by atoms with van der Waals surface area (Å²) < 4.78 is 0. The molecule has 1 unspecified atom stereocenters. The van der Waals surface area contributed by atoms with E-state index >= 15 is 0 Å². The molecule has 1 heterocycles. The zero-order valence-electron chi connectivity index (χ0n) is 12.7. The molecule has 1 aliphatic heterocycles. The smallest absolute Gasteiger partial charge is 0.230 e. The fraction of sp³-hybridized carbons (Fsp3) is 0.389. The van der Waals surface area contributed by atoms with Crippen LogP contribution in [0.1, 0.15) is 13.8 Å². The van der Waals surface area contributed by atoms with Crippen molar-refractivity contribution >= 4 is 22.4 Å². The minimum absolute atomic E-state index is 0.0742. The minimum atomic E-state index is 0.0742. The fourth-order valence-electron chi connectivity index (χ4n) is 3.00. The first-order chi connectivity index (χ1) is 10.2. The highest BCUT2D eigenvalue weighted by atomic mass is 16.2. The predicted molar refractivity (Wildman–Crippen MR) is 87.5 cm³/mol. The summed E-state index contributed by atoms with van der Waals surface area (Å²) in [7, 11) is 0. The van der Waals surface area contributed by atoms with Gasteiger partial charge in [-0.05, 0) is 37.4 Å². The summed E-state index contributed by atoms with van der Waals surface area (Å²) in [6.45, 7) is 6.73. The van der Waals surface area contributed by atoms with E-state index in [1.165, 1.54) is 5.39 Å². The Bertz CT molecular complexity index is 643. The van der Waals surface area contributed by atoms with E-state index in [0.29, 0.717) is 12.5 Å². The molecule has 21 heavy (non-hydrogen) atoms. The van der Waals surface area contributed by atoms with Crippen LogP contribution in [0.3, 0.4) is 0 Å². The summed E-state index contributed by atoms with van der Waals surface area (Å²) >= 11 is 0. The van der Waals surface area contributed by atoms with Crippen LogP contribution in [0.5, 0.6) is 0 Å². The summed E-state index contributed by atoms with van der Waals surface area (Å²) in [6, 6.07) is 14.4. The quantitative estimate of drug-likeness (QED) is 0.935. The highest BCUT2D eigenvalue weighted by molar-refractivity contribution is 6.04. The number of anilines is 1. The van der Waals surface area contributed by atoms with Crippen LogP contribution < -0.4 is 10.2 Å². The van der Waals surface area contributed by atoms with Gasteiger partial charge in [-0.3, -0.25) is 4.79 Å². The van der Waals surface area contributed by atoms with Crippen molar-refractivity contribution in [1.29, 1.82) is 0 Å². The van der Waals surface area contributed by atoms with Crippen LogP contribution in [0.2, 0.25) is 0 Å². The molecule has 1 atom stereocenters. The van der Waals surface area contributed by atoms with Gasteiger partial charge in [-0.2, -0.15) is 0 Å². The third-order valence-electron chi connectivity index (χ3n) is 4.55. The van der Waals surface area contributed by atoms with Crippen LogP contribution in [0.15, 0.2) is 42.5 Å². The van der Waals surface area contributed by atoms with Gasteiger partial charge in [0.2, 0.25) is 5.91 Å². The topological polar surface area (TPSA) is 32.3 Å². The maximum absolute atomic E-state index is 12.9. The lowest BCUT2D eigenvalue weighted by molar-refractivity contribution is -0.124. The van der Waals surface area contributed by atoms with E-state index in [9.17, 15) is 4.79 Å². The molecule has 1 fully saturated rings. The zero-order chi connectivity index (χ0) is 14.8. The molecule has 0 radical (unpaired) electrons. The second-order valence-electron chi connectivity index (χ2n) is 5.79. The Morgan fingerprint density at radius 1 is 1.24 bits per heavy atom. The van der Waals surface area contributed by atoms with Crippen molar-refractivity contribution < 1.29 is 4.79 Å². The Balaban J connectivity index is 1.96. The monoisotopic (exact) mass is 282 g/mol. The van der Waals surface area contributed by atoms with Gasteiger partial charge in [-0.15, -0.1) is 0 Å². The van der Waals surface area contributed by atoms with E-state index in [-0.39, 0.29) is 11.8 Å². The van der Waals surface area contributed by atoms with Gasteiger partial charge in [0.05, 0.1) is 5.69 Å². The minimum Gasteiger partial charge on any atom is -0.316 e. The van der Waals surface area contributed by atoms with Crippen LogP contribution >= 0.6 is 0 Å². The van der Waals surface area contributed by atoms with Crippen LogP contribution in [-0.4, -0.2) is 25.5 Å². The summed E-state index contributed by atoms with van der Waals surface area (Å²) in [5, 5.41) is 5.58. The molecule has 0 bridgehead atoms. The first kappa shape index (κ1) is 14.1. The van der Waals surface area contributed by atoms with Gasteiger partial charge < -0.3 is 10.2 Å². The zero-order valence-corrected chi connectivity index (χ0v) is 12.7. The molecule has 1 amide bonds. The molecule has 0 aromatic heterocycles. The summed E-state index contributed by atoms with van der Waals surface area (Å²) in [5.74, 6) is 0.784. The number of amides is 1. The van der Waals surface area contributed by atoms with Crippen molar-refractivity contribution in [3.8, 4) is 0 Å². The van der Waals surface area contributed by atoms with Crippen molar-refractivity contribution in [1.82, 2.24) is 5.32 Å². The standard InChI is InChI=1S/C18H22N2O/c1-3-20(18(21)13(2)15-11-19-12-15)17-10-6-8-14-7-4-5-9-16(14)17/h4-10,13,15,19H,3,11-12H2,1-2H3. The predicted octanol–water partition coefficient (Wildman–Crippen LogP) is 3.05. The van der Waals surface area contributed by atoms with Crippen molar-refractivity contribution in [2.24, 2.45) is 11.8 Å². The summed E-state index contributed by atoms with van der Waals surface area (Å²) in [4.78, 5) is 14.8. The average molecular weight is 282 g/mol. The highest BCUT2D eigenvalue weighted by Crippen LogP contribution is 2.29. The van der Waals surface area contributed by atoms with Gasteiger partial charge in [0.15, 0.2) is 0 Å². The molecule has 2 aromatic rings. The number of benzene rings is 2. The Hall–Kier alpha value is -1.87. The van der Waals surface area contributed by atoms with E-state index in [1.807, 2.05) is 30.0 Å². The van der Waals surface area contributed by atoms with Gasteiger partial charge in [0.25, 0.3) is 0 Å². The Kier molecular flexibility index (Phi) is 3.93. The SMILES string of the molecule is CCN(C(=O)C(C)C1CNC1)c1cccc2ccccc12. The second-order valence-corrected chi connectivity index (χ2v) is 5.79. The summed E-state index contributed by atoms with van der Waals surface area (Å²) in [6.07, 6.45) is 0. The van der Waals surface area contributed by atoms with Gasteiger partial charge >= 0.3 is 0 Å². The Morgan fingerprint density at radius 2 is 1.95 bits per heavy atom. The number of hydrogen-bond donors (Lipinski definition) is 1. The van der Waals surface area contributed by atoms with Gasteiger partial charge in [-0.25, -0.2) is 0 Å². The maximum Gasteiger partial charge on any atom is 0.230 e. The molecular weight excluding hydrogens is 260 g/mol. The molecule has 3 heteroatoms. The molecule has 0 spiro atoms. The van der Waals surface area contributed by atoms with Gasteiger partial charge in [-0.1, -0.05) is 43.3 Å². The lowest BCUT2D eigenvalue weighted by Crippen LogP contribution is -2.50. The number of hydrogen-bond acceptors (Lipinski definition) is 2. The van der Waals surface area contributed by atoms with Crippen molar-refractivity contribution in [3.05, 3.63) is 42.5 Å². The van der Waals surface area contributed by atoms with Crippen LogP contribution in [-0.2, 0) is 4.79 Å². The molecule has 2 aromatic carbocycles. The second kappa shape index (κ2) is 5.86. The van der Waals surface area contributed by atoms with Crippen molar-refractivity contribution in [2.75, 3.05) is 24.5 Å². The molecule has 1 N–H and O–H groups in total. The first-order valence-corrected chi connectivity index (χ1v) is 7.72. The van der Waals surface area contributed by atoms with Gasteiger partial charge in [0, 0.05) is 17.8 Å². The molecule has 0 aliphatic carbocycles. The van der Waals surface area contributed by atoms with Crippen LogP contribution in [0.25, 0.3) is 10.8 Å². The van der Waals surface area contributed by atoms with Gasteiger partial charge in [0.1, 0.15) is 0 Å². The van der Waals surface area contributed by atoms with E-state index in [2.05, 4.69) is 36.5 Å². The lowest BCUT2D eigenvalue weighted by atomic mass is 9.87. The van der Waals surface area contributed by atoms with E-state index in [4.69, 9.17) is 0 Å². The van der Waals surface area contributed by atoms with E-state index in [1.54, 1.807) is 0 Å².